The highest BCUT2D eigenvalue weighted by Gasteiger charge is 2.11. The Labute approximate surface area is 133 Å². The summed E-state index contributed by atoms with van der Waals surface area (Å²) in [4.78, 5) is 4.16. The van der Waals surface area contributed by atoms with Gasteiger partial charge in [-0.15, -0.1) is 0 Å². The van der Waals surface area contributed by atoms with Crippen LogP contribution < -0.4 is 5.32 Å². The fraction of sp³-hybridized carbons (Fsp3) is 0.312. The van der Waals surface area contributed by atoms with Crippen LogP contribution in [0, 0.1) is 0 Å². The van der Waals surface area contributed by atoms with E-state index in [0.717, 1.165) is 16.6 Å². The van der Waals surface area contributed by atoms with E-state index >= 15 is 0 Å². The van der Waals surface area contributed by atoms with Crippen LogP contribution in [0.15, 0.2) is 47.1 Å². The molecule has 0 saturated carbocycles. The van der Waals surface area contributed by atoms with Crippen LogP contribution in [0.1, 0.15) is 37.8 Å². The van der Waals surface area contributed by atoms with Gasteiger partial charge in [-0.1, -0.05) is 61.7 Å². The Kier molecular flexibility index (Phi) is 5.86. The number of hydrogen-bond acceptors (Lipinski definition) is 2. The second kappa shape index (κ2) is 7.65. The van der Waals surface area contributed by atoms with Crippen molar-refractivity contribution in [3.8, 4) is 0 Å². The van der Waals surface area contributed by atoms with Crippen molar-refractivity contribution >= 4 is 33.2 Å². The minimum Gasteiger partial charge on any atom is -0.377 e. The Morgan fingerprint density at radius 2 is 2.05 bits per heavy atom. The highest BCUT2D eigenvalue weighted by molar-refractivity contribution is 9.10. The summed E-state index contributed by atoms with van der Waals surface area (Å²) in [6, 6.07) is 12.8. The maximum absolute atomic E-state index is 5.93. The number of unbranched alkanes of at least 4 members (excludes halogenated alkanes) is 1. The number of benzene rings is 1. The van der Waals surface area contributed by atoms with Gasteiger partial charge in [0.1, 0.15) is 5.15 Å². The van der Waals surface area contributed by atoms with Crippen LogP contribution >= 0.6 is 27.5 Å². The molecule has 1 N–H and O–H groups in total. The van der Waals surface area contributed by atoms with Gasteiger partial charge in [0, 0.05) is 0 Å². The zero-order chi connectivity index (χ0) is 14.4. The maximum Gasteiger partial charge on any atom is 0.143 e. The van der Waals surface area contributed by atoms with Crippen molar-refractivity contribution in [3.05, 3.63) is 57.8 Å². The number of nitrogens with one attached hydrogen (secondary N) is 1. The predicted molar refractivity (Wildman–Crippen MR) is 89.3 cm³/mol. The zero-order valence-corrected chi connectivity index (χ0v) is 13.8. The smallest absolute Gasteiger partial charge is 0.143 e. The van der Waals surface area contributed by atoms with Gasteiger partial charge < -0.3 is 5.32 Å². The number of aromatic nitrogens is 1. The van der Waals surface area contributed by atoms with Gasteiger partial charge in [-0.25, -0.2) is 4.98 Å². The number of pyridine rings is 1. The van der Waals surface area contributed by atoms with Gasteiger partial charge in [-0.3, -0.25) is 0 Å². The zero-order valence-electron chi connectivity index (χ0n) is 11.4. The minimum atomic E-state index is 0.297. The van der Waals surface area contributed by atoms with Crippen LogP contribution in [0.3, 0.4) is 0 Å². The normalized spacial score (nSPS) is 12.2. The fourth-order valence-corrected chi connectivity index (χ4v) is 2.57. The second-order valence-corrected chi connectivity index (χ2v) is 5.96. The van der Waals surface area contributed by atoms with E-state index in [0.29, 0.717) is 11.2 Å². The molecule has 0 spiro atoms. The lowest BCUT2D eigenvalue weighted by atomic mass is 10.0. The molecule has 0 radical (unpaired) electrons. The summed E-state index contributed by atoms with van der Waals surface area (Å²) < 4.78 is 0.812. The molecule has 2 aromatic rings. The van der Waals surface area contributed by atoms with E-state index < -0.39 is 0 Å². The Balaban J connectivity index is 2.17. The second-order valence-electron chi connectivity index (χ2n) is 4.75. The first-order chi connectivity index (χ1) is 9.70. The van der Waals surface area contributed by atoms with Gasteiger partial charge in [-0.05, 0) is 34.0 Å². The Bertz CT molecular complexity index is 545. The predicted octanol–water partition coefficient (Wildman–Crippen LogP) is 5.84. The molecule has 1 atom stereocenters. The van der Waals surface area contributed by atoms with E-state index in [1.807, 2.05) is 12.1 Å². The fourth-order valence-electron chi connectivity index (χ4n) is 2.12. The largest absolute Gasteiger partial charge is 0.377 e. The number of rotatable bonds is 6. The molecule has 0 saturated heterocycles. The molecule has 1 unspecified atom stereocenters. The van der Waals surface area contributed by atoms with Crippen molar-refractivity contribution in [2.75, 3.05) is 5.32 Å². The van der Waals surface area contributed by atoms with Gasteiger partial charge in [0.05, 0.1) is 22.4 Å². The maximum atomic E-state index is 5.93. The molecule has 1 heterocycles. The summed E-state index contributed by atoms with van der Waals surface area (Å²) in [5, 5.41) is 4.03. The number of hydrogen-bond donors (Lipinski definition) is 1. The Morgan fingerprint density at radius 3 is 2.70 bits per heavy atom. The van der Waals surface area contributed by atoms with Crippen molar-refractivity contribution in [2.24, 2.45) is 0 Å². The van der Waals surface area contributed by atoms with Gasteiger partial charge in [0.2, 0.25) is 0 Å². The van der Waals surface area contributed by atoms with Crippen molar-refractivity contribution in [3.63, 3.8) is 0 Å². The van der Waals surface area contributed by atoms with E-state index in [1.54, 1.807) is 6.20 Å². The van der Waals surface area contributed by atoms with E-state index in [4.69, 9.17) is 11.6 Å². The first-order valence-corrected chi connectivity index (χ1v) is 8.00. The molecule has 0 aliphatic carbocycles. The van der Waals surface area contributed by atoms with E-state index in [-0.39, 0.29) is 0 Å². The average Bonchev–Trinajstić information content (AvgIpc) is 2.48. The summed E-state index contributed by atoms with van der Waals surface area (Å²) in [6.45, 7) is 2.21. The first-order valence-electron chi connectivity index (χ1n) is 6.83. The molecular weight excluding hydrogens is 336 g/mol. The van der Waals surface area contributed by atoms with Crippen molar-refractivity contribution in [2.45, 2.75) is 32.2 Å². The van der Waals surface area contributed by atoms with Gasteiger partial charge >= 0.3 is 0 Å². The Morgan fingerprint density at radius 1 is 1.30 bits per heavy atom. The summed E-state index contributed by atoms with van der Waals surface area (Å²) in [5.74, 6) is 0. The minimum absolute atomic E-state index is 0.297. The Hall–Kier alpha value is -1.06. The molecule has 2 rings (SSSR count). The SMILES string of the molecule is CCCCC(Nc1cnc(Cl)c(Br)c1)c1ccccc1. The highest BCUT2D eigenvalue weighted by Crippen LogP contribution is 2.28. The summed E-state index contributed by atoms with van der Waals surface area (Å²) in [6.07, 6.45) is 5.25. The molecule has 0 aliphatic heterocycles. The van der Waals surface area contributed by atoms with Gasteiger partial charge in [0.15, 0.2) is 0 Å². The third-order valence-corrected chi connectivity index (χ3v) is 4.32. The lowest BCUT2D eigenvalue weighted by Crippen LogP contribution is -2.11. The van der Waals surface area contributed by atoms with Crippen LogP contribution in [0.4, 0.5) is 5.69 Å². The van der Waals surface area contributed by atoms with Crippen molar-refractivity contribution < 1.29 is 0 Å². The van der Waals surface area contributed by atoms with Crippen LogP contribution in [0.25, 0.3) is 0 Å². The van der Waals surface area contributed by atoms with Crippen LogP contribution in [0.5, 0.6) is 0 Å². The molecule has 1 aromatic carbocycles. The topological polar surface area (TPSA) is 24.9 Å². The lowest BCUT2D eigenvalue weighted by Gasteiger charge is -2.20. The molecule has 0 bridgehead atoms. The lowest BCUT2D eigenvalue weighted by molar-refractivity contribution is 0.634. The van der Waals surface area contributed by atoms with E-state index in [2.05, 4.69) is 57.4 Å². The molecule has 106 valence electrons. The molecule has 0 aliphatic rings. The third kappa shape index (κ3) is 4.22. The van der Waals surface area contributed by atoms with Crippen LogP contribution in [-0.4, -0.2) is 4.98 Å². The van der Waals surface area contributed by atoms with Crippen LogP contribution in [0.2, 0.25) is 5.15 Å². The number of anilines is 1. The quantitative estimate of drug-likeness (QED) is 0.660. The van der Waals surface area contributed by atoms with Crippen molar-refractivity contribution in [1.82, 2.24) is 4.98 Å². The first kappa shape index (κ1) is 15.3. The highest BCUT2D eigenvalue weighted by atomic mass is 79.9. The molecule has 0 fully saturated rings. The monoisotopic (exact) mass is 352 g/mol. The summed E-state index contributed by atoms with van der Waals surface area (Å²) in [7, 11) is 0. The molecule has 20 heavy (non-hydrogen) atoms. The van der Waals surface area contributed by atoms with Gasteiger partial charge in [-0.2, -0.15) is 0 Å². The van der Waals surface area contributed by atoms with E-state index in [9.17, 15) is 0 Å². The number of nitrogens with zero attached hydrogens (tertiary/aromatic N) is 1. The van der Waals surface area contributed by atoms with Gasteiger partial charge in [0.25, 0.3) is 0 Å². The summed E-state index contributed by atoms with van der Waals surface area (Å²) >= 11 is 9.34. The molecule has 1 aromatic heterocycles. The number of halogens is 2. The molecule has 4 heteroatoms. The molecule has 2 nitrogen and oxygen atoms in total. The van der Waals surface area contributed by atoms with E-state index in [1.165, 1.54) is 18.4 Å². The van der Waals surface area contributed by atoms with Crippen molar-refractivity contribution in [1.29, 1.82) is 0 Å². The standard InChI is InChI=1S/C16H18BrClN2/c1-2-3-9-15(12-7-5-4-6-8-12)20-13-10-14(17)16(18)19-11-13/h4-8,10-11,15,20H,2-3,9H2,1H3. The molecular formula is C16H18BrClN2. The average molecular weight is 354 g/mol. The summed E-state index contributed by atoms with van der Waals surface area (Å²) in [5.41, 5.74) is 2.28. The molecule has 0 amide bonds. The van der Waals surface area contributed by atoms with Crippen LogP contribution in [-0.2, 0) is 0 Å². The third-order valence-electron chi connectivity index (χ3n) is 3.19.